The second kappa shape index (κ2) is 6.93. The molecule has 2 heteroatoms. The third-order valence-corrected chi connectivity index (χ3v) is 4.49. The monoisotopic (exact) mass is 336 g/mol. The van der Waals surface area contributed by atoms with Gasteiger partial charge in [-0.15, -0.1) is 0 Å². The standard InChI is InChI=1S/C24H20N2/c1-17-8-12-19(13-9-17)22-16-25-23(21-14-10-18(2)11-15-21)24(26-22)20-6-4-3-5-7-20/h3-16H,1-2H3. The highest BCUT2D eigenvalue weighted by molar-refractivity contribution is 5.79. The van der Waals surface area contributed by atoms with E-state index in [9.17, 15) is 0 Å². The third kappa shape index (κ3) is 3.27. The molecule has 0 amide bonds. The lowest BCUT2D eigenvalue weighted by Crippen LogP contribution is -1.96. The quantitative estimate of drug-likeness (QED) is 0.452. The van der Waals surface area contributed by atoms with E-state index in [1.54, 1.807) is 0 Å². The Balaban J connectivity index is 1.89. The summed E-state index contributed by atoms with van der Waals surface area (Å²) in [7, 11) is 0. The molecule has 0 saturated carbocycles. The Kier molecular flexibility index (Phi) is 4.32. The molecule has 4 aromatic rings. The minimum absolute atomic E-state index is 0.889. The highest BCUT2D eigenvalue weighted by atomic mass is 14.8. The molecular weight excluding hydrogens is 316 g/mol. The lowest BCUT2D eigenvalue weighted by atomic mass is 10.0. The zero-order chi connectivity index (χ0) is 17.9. The summed E-state index contributed by atoms with van der Waals surface area (Å²) in [6.07, 6.45) is 1.87. The largest absolute Gasteiger partial charge is 0.252 e. The van der Waals surface area contributed by atoms with Gasteiger partial charge in [0, 0.05) is 16.7 Å². The Labute approximate surface area is 154 Å². The molecule has 0 bridgehead atoms. The van der Waals surface area contributed by atoms with Crippen LogP contribution in [-0.2, 0) is 0 Å². The van der Waals surface area contributed by atoms with Crippen molar-refractivity contribution < 1.29 is 0 Å². The molecule has 0 fully saturated rings. The van der Waals surface area contributed by atoms with Crippen LogP contribution in [0.2, 0.25) is 0 Å². The minimum Gasteiger partial charge on any atom is -0.252 e. The van der Waals surface area contributed by atoms with Crippen LogP contribution >= 0.6 is 0 Å². The SMILES string of the molecule is Cc1ccc(-c2cnc(-c3ccc(C)cc3)c(-c3ccccc3)n2)cc1. The van der Waals surface area contributed by atoms with Gasteiger partial charge in [-0.2, -0.15) is 0 Å². The normalized spacial score (nSPS) is 10.7. The fourth-order valence-electron chi connectivity index (χ4n) is 2.97. The van der Waals surface area contributed by atoms with E-state index in [4.69, 9.17) is 9.97 Å². The summed E-state index contributed by atoms with van der Waals surface area (Å²) in [4.78, 5) is 9.77. The molecule has 0 aliphatic carbocycles. The fourth-order valence-corrected chi connectivity index (χ4v) is 2.97. The van der Waals surface area contributed by atoms with Gasteiger partial charge in [0.25, 0.3) is 0 Å². The Bertz CT molecular complexity index is 1020. The molecule has 0 atom stereocenters. The van der Waals surface area contributed by atoms with E-state index in [0.717, 1.165) is 33.8 Å². The highest BCUT2D eigenvalue weighted by Crippen LogP contribution is 2.31. The molecule has 1 aromatic heterocycles. The molecule has 0 saturated heterocycles. The molecule has 1 heterocycles. The molecular formula is C24H20N2. The second-order valence-corrected chi connectivity index (χ2v) is 6.55. The van der Waals surface area contributed by atoms with E-state index in [2.05, 4.69) is 74.5 Å². The van der Waals surface area contributed by atoms with E-state index in [1.807, 2.05) is 24.4 Å². The lowest BCUT2D eigenvalue weighted by molar-refractivity contribution is 1.21. The van der Waals surface area contributed by atoms with E-state index in [-0.39, 0.29) is 0 Å². The van der Waals surface area contributed by atoms with Crippen molar-refractivity contribution >= 4 is 0 Å². The van der Waals surface area contributed by atoms with Gasteiger partial charge in [-0.05, 0) is 13.8 Å². The van der Waals surface area contributed by atoms with Gasteiger partial charge in [-0.3, -0.25) is 4.98 Å². The van der Waals surface area contributed by atoms with Gasteiger partial charge in [-0.25, -0.2) is 4.98 Å². The predicted octanol–water partition coefficient (Wildman–Crippen LogP) is 6.09. The van der Waals surface area contributed by atoms with Crippen molar-refractivity contribution in [3.8, 4) is 33.8 Å². The lowest BCUT2D eigenvalue weighted by Gasteiger charge is -2.11. The summed E-state index contributed by atoms with van der Waals surface area (Å²) >= 11 is 0. The fraction of sp³-hybridized carbons (Fsp3) is 0.0833. The van der Waals surface area contributed by atoms with Crippen LogP contribution in [0.25, 0.3) is 33.8 Å². The first kappa shape index (κ1) is 16.2. The zero-order valence-electron chi connectivity index (χ0n) is 15.0. The van der Waals surface area contributed by atoms with Crippen LogP contribution in [0.3, 0.4) is 0 Å². The van der Waals surface area contributed by atoms with Gasteiger partial charge in [0.05, 0.1) is 23.3 Å². The van der Waals surface area contributed by atoms with E-state index in [0.29, 0.717) is 0 Å². The summed E-state index contributed by atoms with van der Waals surface area (Å²) in [6.45, 7) is 4.18. The maximum absolute atomic E-state index is 4.98. The van der Waals surface area contributed by atoms with Gasteiger partial charge < -0.3 is 0 Å². The number of aromatic nitrogens is 2. The van der Waals surface area contributed by atoms with Gasteiger partial charge in [0.1, 0.15) is 0 Å². The first-order valence-electron chi connectivity index (χ1n) is 8.77. The highest BCUT2D eigenvalue weighted by Gasteiger charge is 2.13. The predicted molar refractivity (Wildman–Crippen MR) is 108 cm³/mol. The summed E-state index contributed by atoms with van der Waals surface area (Å²) < 4.78 is 0. The number of rotatable bonds is 3. The average Bonchev–Trinajstić information content (AvgIpc) is 2.69. The molecule has 0 N–H and O–H groups in total. The molecule has 0 radical (unpaired) electrons. The topological polar surface area (TPSA) is 25.8 Å². The van der Waals surface area contributed by atoms with Crippen LogP contribution in [0, 0.1) is 13.8 Å². The van der Waals surface area contributed by atoms with Crippen LogP contribution in [0.4, 0.5) is 0 Å². The Morgan fingerprint density at radius 1 is 0.538 bits per heavy atom. The Morgan fingerprint density at radius 3 is 1.69 bits per heavy atom. The van der Waals surface area contributed by atoms with Crippen LogP contribution in [0.15, 0.2) is 85.1 Å². The van der Waals surface area contributed by atoms with Crippen molar-refractivity contribution in [1.29, 1.82) is 0 Å². The van der Waals surface area contributed by atoms with E-state index >= 15 is 0 Å². The molecule has 0 aliphatic heterocycles. The van der Waals surface area contributed by atoms with Gasteiger partial charge >= 0.3 is 0 Å². The zero-order valence-corrected chi connectivity index (χ0v) is 15.0. The Morgan fingerprint density at radius 2 is 1.08 bits per heavy atom. The van der Waals surface area contributed by atoms with Crippen LogP contribution in [-0.4, -0.2) is 9.97 Å². The number of benzene rings is 3. The molecule has 0 unspecified atom stereocenters. The maximum atomic E-state index is 4.98. The van der Waals surface area contributed by atoms with Crippen molar-refractivity contribution in [2.75, 3.05) is 0 Å². The number of aryl methyl sites for hydroxylation is 2. The summed E-state index contributed by atoms with van der Waals surface area (Å²) in [5, 5.41) is 0. The Hall–Kier alpha value is -3.26. The van der Waals surface area contributed by atoms with Crippen LogP contribution in [0.5, 0.6) is 0 Å². The molecule has 126 valence electrons. The molecule has 26 heavy (non-hydrogen) atoms. The molecule has 0 spiro atoms. The van der Waals surface area contributed by atoms with Crippen LogP contribution in [0.1, 0.15) is 11.1 Å². The molecule has 0 aliphatic rings. The minimum atomic E-state index is 0.889. The van der Waals surface area contributed by atoms with Crippen molar-refractivity contribution in [1.82, 2.24) is 9.97 Å². The molecule has 2 nitrogen and oxygen atoms in total. The van der Waals surface area contributed by atoms with Gasteiger partial charge in [-0.1, -0.05) is 90.0 Å². The van der Waals surface area contributed by atoms with Crippen molar-refractivity contribution in [3.05, 3.63) is 96.2 Å². The number of nitrogens with zero attached hydrogens (tertiary/aromatic N) is 2. The van der Waals surface area contributed by atoms with Gasteiger partial charge in [0.15, 0.2) is 0 Å². The van der Waals surface area contributed by atoms with Crippen molar-refractivity contribution in [2.24, 2.45) is 0 Å². The molecule has 4 rings (SSSR count). The maximum Gasteiger partial charge on any atom is 0.0972 e. The summed E-state index contributed by atoms with van der Waals surface area (Å²) in [5.41, 5.74) is 8.41. The number of hydrogen-bond acceptors (Lipinski definition) is 2. The van der Waals surface area contributed by atoms with Crippen molar-refractivity contribution in [3.63, 3.8) is 0 Å². The third-order valence-electron chi connectivity index (χ3n) is 4.49. The number of hydrogen-bond donors (Lipinski definition) is 0. The van der Waals surface area contributed by atoms with Gasteiger partial charge in [0.2, 0.25) is 0 Å². The van der Waals surface area contributed by atoms with E-state index in [1.165, 1.54) is 11.1 Å². The first-order valence-corrected chi connectivity index (χ1v) is 8.77. The smallest absolute Gasteiger partial charge is 0.0972 e. The average molecular weight is 336 g/mol. The van der Waals surface area contributed by atoms with Crippen LogP contribution < -0.4 is 0 Å². The first-order chi connectivity index (χ1) is 12.7. The van der Waals surface area contributed by atoms with Crippen molar-refractivity contribution in [2.45, 2.75) is 13.8 Å². The van der Waals surface area contributed by atoms with E-state index < -0.39 is 0 Å². The summed E-state index contributed by atoms with van der Waals surface area (Å²) in [6, 6.07) is 27.1. The summed E-state index contributed by atoms with van der Waals surface area (Å²) in [5.74, 6) is 0. The molecule has 3 aromatic carbocycles. The second-order valence-electron chi connectivity index (χ2n) is 6.55.